The minimum Gasteiger partial charge on any atom is -0.370 e. The summed E-state index contributed by atoms with van der Waals surface area (Å²) < 4.78 is 41.3. The van der Waals surface area contributed by atoms with Crippen molar-refractivity contribution >= 4 is 21.3 Å². The predicted molar refractivity (Wildman–Crippen MR) is 90.7 cm³/mol. The number of fused-ring (bicyclic) bond motifs is 1. The van der Waals surface area contributed by atoms with Gasteiger partial charge in [0.05, 0.1) is 17.6 Å². The normalized spacial score (nSPS) is 11.8. The Morgan fingerprint density at radius 1 is 1.32 bits per heavy atom. The van der Waals surface area contributed by atoms with Crippen molar-refractivity contribution in [3.63, 3.8) is 0 Å². The smallest absolute Gasteiger partial charge is 0.214 e. The third-order valence-electron chi connectivity index (χ3n) is 3.80. The highest BCUT2D eigenvalue weighted by Gasteiger charge is 2.29. The number of nitrogens with two attached hydrogens (primary N) is 1. The molecule has 3 N–H and O–H groups in total. The van der Waals surface area contributed by atoms with Gasteiger partial charge in [-0.2, -0.15) is 0 Å². The summed E-state index contributed by atoms with van der Waals surface area (Å²) in [6.07, 6.45) is 0. The van der Waals surface area contributed by atoms with Gasteiger partial charge in [0.2, 0.25) is 9.84 Å². The molecule has 0 aliphatic carbocycles. The van der Waals surface area contributed by atoms with Gasteiger partial charge in [-0.15, -0.1) is 5.10 Å². The molecule has 25 heavy (non-hydrogen) atoms. The number of halogens is 1. The Morgan fingerprint density at radius 3 is 2.72 bits per heavy atom. The Labute approximate surface area is 144 Å². The van der Waals surface area contributed by atoms with Crippen molar-refractivity contribution in [3.8, 4) is 0 Å². The minimum absolute atomic E-state index is 0.0540. The molecule has 132 valence electrons. The molecule has 0 spiro atoms. The number of aromatic nitrogens is 3. The van der Waals surface area contributed by atoms with Crippen LogP contribution >= 0.6 is 0 Å². The molecule has 0 saturated carbocycles. The maximum Gasteiger partial charge on any atom is 0.214 e. The van der Waals surface area contributed by atoms with Crippen molar-refractivity contribution in [3.05, 3.63) is 47.5 Å². The summed E-state index contributed by atoms with van der Waals surface area (Å²) in [5.41, 5.74) is 1.73. The Bertz CT molecular complexity index is 1050. The van der Waals surface area contributed by atoms with Gasteiger partial charge >= 0.3 is 0 Å². The number of benzene rings is 1. The maximum absolute atomic E-state index is 13.5. The van der Waals surface area contributed by atoms with E-state index in [9.17, 15) is 12.8 Å². The zero-order valence-corrected chi connectivity index (χ0v) is 14.9. The molecule has 1 aromatic carbocycles. The molecule has 2 aromatic heterocycles. The monoisotopic (exact) mass is 364 g/mol. The lowest BCUT2D eigenvalue weighted by Gasteiger charge is -2.06. The Hall–Kier alpha value is -2.52. The molecule has 7 nitrogen and oxygen atoms in total. The van der Waals surface area contributed by atoms with Gasteiger partial charge in [0.15, 0.2) is 16.4 Å². The molecule has 9 heteroatoms. The van der Waals surface area contributed by atoms with E-state index in [-0.39, 0.29) is 21.3 Å². The fourth-order valence-corrected chi connectivity index (χ4v) is 4.22. The molecule has 0 amide bonds. The SMILES string of the molecule is CNc1nn2c(C)cc(C[NH2+]C)nc2c1S(=O)(=O)c1cccc(F)c1. The quantitative estimate of drug-likeness (QED) is 0.697. The summed E-state index contributed by atoms with van der Waals surface area (Å²) in [5.74, 6) is -0.438. The van der Waals surface area contributed by atoms with Crippen molar-refractivity contribution in [1.29, 1.82) is 0 Å². The van der Waals surface area contributed by atoms with Gasteiger partial charge in [-0.05, 0) is 31.2 Å². The van der Waals surface area contributed by atoms with Crippen LogP contribution in [0.2, 0.25) is 0 Å². The van der Waals surface area contributed by atoms with Crippen molar-refractivity contribution in [2.45, 2.75) is 23.3 Å². The summed E-state index contributed by atoms with van der Waals surface area (Å²) in [6.45, 7) is 2.44. The van der Waals surface area contributed by atoms with E-state index < -0.39 is 15.7 Å². The number of nitrogens with zero attached hydrogens (tertiary/aromatic N) is 3. The zero-order chi connectivity index (χ0) is 18.2. The van der Waals surface area contributed by atoms with Crippen LogP contribution in [0.1, 0.15) is 11.4 Å². The van der Waals surface area contributed by atoms with E-state index in [0.29, 0.717) is 6.54 Å². The van der Waals surface area contributed by atoms with Crippen LogP contribution in [0, 0.1) is 12.7 Å². The number of aryl methyl sites for hydroxylation is 1. The van der Waals surface area contributed by atoms with Gasteiger partial charge in [0.1, 0.15) is 12.4 Å². The van der Waals surface area contributed by atoms with E-state index in [4.69, 9.17) is 0 Å². The molecular formula is C16H19FN5O2S+. The number of nitrogens with one attached hydrogen (secondary N) is 1. The Balaban J connectivity index is 2.34. The molecule has 0 bridgehead atoms. The summed E-state index contributed by atoms with van der Waals surface area (Å²) in [6, 6.07) is 6.78. The van der Waals surface area contributed by atoms with Crippen molar-refractivity contribution in [2.24, 2.45) is 0 Å². The second-order valence-corrected chi connectivity index (χ2v) is 7.51. The second-order valence-electron chi connectivity index (χ2n) is 5.63. The van der Waals surface area contributed by atoms with Crippen LogP contribution in [-0.4, -0.2) is 37.1 Å². The number of hydrogen-bond donors (Lipinski definition) is 2. The van der Waals surface area contributed by atoms with Crippen LogP contribution in [0.4, 0.5) is 10.2 Å². The summed E-state index contributed by atoms with van der Waals surface area (Å²) >= 11 is 0. The Kier molecular flexibility index (Phi) is 4.44. The molecule has 0 aliphatic rings. The summed E-state index contributed by atoms with van der Waals surface area (Å²) in [5, 5.41) is 9.05. The van der Waals surface area contributed by atoms with Crippen LogP contribution in [0.5, 0.6) is 0 Å². The van der Waals surface area contributed by atoms with Crippen LogP contribution in [-0.2, 0) is 16.4 Å². The third-order valence-corrected chi connectivity index (χ3v) is 5.59. The average molecular weight is 364 g/mol. The minimum atomic E-state index is -3.99. The number of hydrogen-bond acceptors (Lipinski definition) is 5. The van der Waals surface area contributed by atoms with E-state index in [1.807, 2.05) is 25.4 Å². The largest absolute Gasteiger partial charge is 0.370 e. The molecule has 0 atom stereocenters. The molecule has 2 heterocycles. The molecule has 3 aromatic rings. The first kappa shape index (κ1) is 17.3. The van der Waals surface area contributed by atoms with Crippen LogP contribution in [0.25, 0.3) is 5.65 Å². The lowest BCUT2D eigenvalue weighted by atomic mass is 10.3. The first-order valence-corrected chi connectivity index (χ1v) is 9.22. The first-order valence-electron chi connectivity index (χ1n) is 7.74. The van der Waals surface area contributed by atoms with Crippen LogP contribution in [0.3, 0.4) is 0 Å². The number of rotatable bonds is 5. The van der Waals surface area contributed by atoms with E-state index >= 15 is 0 Å². The molecule has 0 unspecified atom stereocenters. The van der Waals surface area contributed by atoms with E-state index in [1.165, 1.54) is 22.7 Å². The summed E-state index contributed by atoms with van der Waals surface area (Å²) in [7, 11) is -0.505. The number of sulfone groups is 1. The predicted octanol–water partition coefficient (Wildman–Crippen LogP) is 0.745. The highest BCUT2D eigenvalue weighted by molar-refractivity contribution is 7.91. The second kappa shape index (κ2) is 6.41. The Morgan fingerprint density at radius 2 is 2.08 bits per heavy atom. The lowest BCUT2D eigenvalue weighted by Crippen LogP contribution is -2.77. The third kappa shape index (κ3) is 2.96. The van der Waals surface area contributed by atoms with Crippen molar-refractivity contribution in [1.82, 2.24) is 14.6 Å². The van der Waals surface area contributed by atoms with E-state index in [0.717, 1.165) is 17.5 Å². The van der Waals surface area contributed by atoms with Crippen LogP contribution < -0.4 is 10.6 Å². The first-order chi connectivity index (χ1) is 11.9. The molecule has 0 fully saturated rings. The maximum atomic E-state index is 13.5. The van der Waals surface area contributed by atoms with Crippen LogP contribution in [0.15, 0.2) is 40.1 Å². The standard InChI is InChI=1S/C16H18FN5O2S/c1-10-7-12(9-18-2)20-16-14(15(19-3)21-22(10)16)25(23,24)13-6-4-5-11(17)8-13/h4-8,18H,9H2,1-3H3,(H,19,21)/p+1. The highest BCUT2D eigenvalue weighted by Crippen LogP contribution is 2.31. The molecular weight excluding hydrogens is 345 g/mol. The van der Waals surface area contributed by atoms with Crippen molar-refractivity contribution < 1.29 is 18.1 Å². The van der Waals surface area contributed by atoms with Gasteiger partial charge in [-0.25, -0.2) is 22.3 Å². The average Bonchev–Trinajstić information content (AvgIpc) is 2.95. The molecule has 3 rings (SSSR count). The van der Waals surface area contributed by atoms with Gasteiger partial charge in [0.25, 0.3) is 0 Å². The van der Waals surface area contributed by atoms with E-state index in [1.54, 1.807) is 7.05 Å². The highest BCUT2D eigenvalue weighted by atomic mass is 32.2. The fraction of sp³-hybridized carbons (Fsp3) is 0.250. The van der Waals surface area contributed by atoms with Gasteiger partial charge in [-0.1, -0.05) is 6.07 Å². The number of anilines is 1. The van der Waals surface area contributed by atoms with Gasteiger partial charge < -0.3 is 10.6 Å². The van der Waals surface area contributed by atoms with Gasteiger partial charge in [0, 0.05) is 12.7 Å². The topological polar surface area (TPSA) is 93.0 Å². The van der Waals surface area contributed by atoms with E-state index in [2.05, 4.69) is 15.4 Å². The molecule has 0 radical (unpaired) electrons. The fourth-order valence-electron chi connectivity index (χ4n) is 2.69. The van der Waals surface area contributed by atoms with Gasteiger partial charge in [-0.3, -0.25) is 0 Å². The number of quaternary nitrogens is 1. The molecule has 0 saturated heterocycles. The molecule has 0 aliphatic heterocycles. The zero-order valence-electron chi connectivity index (χ0n) is 14.1. The van der Waals surface area contributed by atoms with Crippen molar-refractivity contribution in [2.75, 3.05) is 19.4 Å². The lowest BCUT2D eigenvalue weighted by molar-refractivity contribution is -0.643. The summed E-state index contributed by atoms with van der Waals surface area (Å²) in [4.78, 5) is 4.28.